The highest BCUT2D eigenvalue weighted by Crippen LogP contribution is 2.25. The van der Waals surface area contributed by atoms with E-state index >= 15 is 0 Å². The molecule has 1 unspecified atom stereocenters. The van der Waals surface area contributed by atoms with Crippen LogP contribution in [0.25, 0.3) is 0 Å². The van der Waals surface area contributed by atoms with E-state index in [9.17, 15) is 0 Å². The summed E-state index contributed by atoms with van der Waals surface area (Å²) in [4.78, 5) is 7.98. The average molecular weight is 263 g/mol. The molecule has 1 atom stereocenters. The van der Waals surface area contributed by atoms with Gasteiger partial charge in [0.05, 0.1) is 4.47 Å². The first kappa shape index (κ1) is 10.9. The van der Waals surface area contributed by atoms with Crippen LogP contribution in [0.1, 0.15) is 6.92 Å². The molecule has 1 N–H and O–H groups in total. The molecule has 5 heteroatoms. The second-order valence-electron chi connectivity index (χ2n) is 2.77. The normalized spacial score (nSPS) is 12.8. The van der Waals surface area contributed by atoms with Gasteiger partial charge in [-0.3, -0.25) is 0 Å². The average Bonchev–Trinajstić information content (AvgIpc) is 2.16. The lowest BCUT2D eigenvalue weighted by Gasteiger charge is -2.06. The van der Waals surface area contributed by atoms with Gasteiger partial charge in [0.15, 0.2) is 0 Å². The second-order valence-corrected chi connectivity index (χ2v) is 4.64. The van der Waals surface area contributed by atoms with Gasteiger partial charge in [-0.05, 0) is 21.8 Å². The number of rotatable bonds is 4. The molecule has 0 aliphatic carbocycles. The summed E-state index contributed by atoms with van der Waals surface area (Å²) < 4.78 is 0.908. The van der Waals surface area contributed by atoms with Crippen molar-refractivity contribution in [2.75, 3.05) is 12.4 Å². The van der Waals surface area contributed by atoms with Crippen molar-refractivity contribution in [1.29, 1.82) is 0 Å². The number of aromatic nitrogens is 2. The van der Waals surface area contributed by atoms with Gasteiger partial charge in [0.25, 0.3) is 0 Å². The zero-order valence-corrected chi connectivity index (χ0v) is 9.68. The monoisotopic (exact) mass is 262 g/mol. The molecule has 0 fully saturated rings. The quantitative estimate of drug-likeness (QED) is 0.666. The van der Waals surface area contributed by atoms with Crippen LogP contribution in [0.2, 0.25) is 0 Å². The van der Waals surface area contributed by atoms with Crippen molar-refractivity contribution in [1.82, 2.24) is 9.97 Å². The molecule has 1 heterocycles. The first-order chi connectivity index (χ1) is 6.24. The van der Waals surface area contributed by atoms with Gasteiger partial charge in [0, 0.05) is 18.6 Å². The molecule has 0 radical (unpaired) electrons. The van der Waals surface area contributed by atoms with Crippen molar-refractivity contribution < 1.29 is 5.11 Å². The molecule has 0 spiro atoms. The molecule has 72 valence electrons. The predicted octanol–water partition coefficient (Wildman–Crippen LogP) is 1.96. The van der Waals surface area contributed by atoms with E-state index in [1.54, 1.807) is 18.0 Å². The van der Waals surface area contributed by atoms with E-state index in [4.69, 9.17) is 5.11 Å². The number of thioether (sulfide) groups is 1. The molecule has 1 rings (SSSR count). The number of hydrogen-bond acceptors (Lipinski definition) is 4. The predicted molar refractivity (Wildman–Crippen MR) is 56.7 cm³/mol. The third-order valence-corrected chi connectivity index (χ3v) is 3.63. The van der Waals surface area contributed by atoms with Crippen molar-refractivity contribution >= 4 is 27.7 Å². The van der Waals surface area contributed by atoms with Crippen molar-refractivity contribution in [3.8, 4) is 0 Å². The summed E-state index contributed by atoms with van der Waals surface area (Å²) in [5.74, 6) is 1.17. The largest absolute Gasteiger partial charge is 0.396 e. The van der Waals surface area contributed by atoms with Gasteiger partial charge in [-0.2, -0.15) is 0 Å². The summed E-state index contributed by atoms with van der Waals surface area (Å²) in [7, 11) is 0. The van der Waals surface area contributed by atoms with Gasteiger partial charge < -0.3 is 5.11 Å². The van der Waals surface area contributed by atoms with Crippen LogP contribution >= 0.6 is 27.7 Å². The highest BCUT2D eigenvalue weighted by Gasteiger charge is 2.05. The Morgan fingerprint density at radius 2 is 2.46 bits per heavy atom. The third-order valence-electron chi connectivity index (χ3n) is 1.45. The Labute approximate surface area is 90.1 Å². The molecule has 13 heavy (non-hydrogen) atoms. The van der Waals surface area contributed by atoms with Crippen LogP contribution in [-0.2, 0) is 0 Å². The van der Waals surface area contributed by atoms with E-state index in [1.165, 1.54) is 6.33 Å². The summed E-state index contributed by atoms with van der Waals surface area (Å²) >= 11 is 4.98. The van der Waals surface area contributed by atoms with Crippen LogP contribution in [0.5, 0.6) is 0 Å². The lowest BCUT2D eigenvalue weighted by molar-refractivity contribution is 0.250. The molecular weight excluding hydrogens is 252 g/mol. The molecular formula is C8H11BrN2OS. The summed E-state index contributed by atoms with van der Waals surface area (Å²) in [6.45, 7) is 2.22. The maximum atomic E-state index is 8.82. The number of halogens is 1. The van der Waals surface area contributed by atoms with Gasteiger partial charge in [0.2, 0.25) is 0 Å². The fourth-order valence-corrected chi connectivity index (χ4v) is 2.11. The van der Waals surface area contributed by atoms with Crippen molar-refractivity contribution in [3.63, 3.8) is 0 Å². The van der Waals surface area contributed by atoms with E-state index in [1.807, 2.05) is 6.92 Å². The molecule has 0 aliphatic rings. The highest BCUT2D eigenvalue weighted by molar-refractivity contribution is 9.10. The molecule has 0 amide bonds. The molecule has 0 aliphatic heterocycles. The van der Waals surface area contributed by atoms with E-state index in [0.29, 0.717) is 5.92 Å². The Hall–Kier alpha value is -0.130. The summed E-state index contributed by atoms with van der Waals surface area (Å²) in [6.07, 6.45) is 3.25. The fourth-order valence-electron chi connectivity index (χ4n) is 0.682. The first-order valence-corrected chi connectivity index (χ1v) is 5.71. The van der Waals surface area contributed by atoms with Crippen molar-refractivity contribution in [2.45, 2.75) is 11.9 Å². The smallest absolute Gasteiger partial charge is 0.116 e. The van der Waals surface area contributed by atoms with E-state index in [-0.39, 0.29) is 6.61 Å². The second kappa shape index (κ2) is 5.57. The van der Waals surface area contributed by atoms with Crippen LogP contribution in [0.15, 0.2) is 22.0 Å². The van der Waals surface area contributed by atoms with Crippen molar-refractivity contribution in [2.24, 2.45) is 5.92 Å². The molecule has 0 bridgehead atoms. The zero-order chi connectivity index (χ0) is 9.68. The SMILES string of the molecule is CC(CO)CSc1ncncc1Br. The molecule has 3 nitrogen and oxygen atoms in total. The Kier molecular flexibility index (Phi) is 4.69. The minimum Gasteiger partial charge on any atom is -0.396 e. The van der Waals surface area contributed by atoms with Crippen LogP contribution in [-0.4, -0.2) is 27.4 Å². The van der Waals surface area contributed by atoms with Gasteiger partial charge >= 0.3 is 0 Å². The maximum Gasteiger partial charge on any atom is 0.116 e. The molecule has 1 aromatic rings. The van der Waals surface area contributed by atoms with Crippen LogP contribution in [0, 0.1) is 5.92 Å². The Morgan fingerprint density at radius 1 is 1.69 bits per heavy atom. The third kappa shape index (κ3) is 3.62. The summed E-state index contributed by atoms with van der Waals surface area (Å²) in [5.41, 5.74) is 0. The fraction of sp³-hybridized carbons (Fsp3) is 0.500. The Bertz CT molecular complexity index is 272. The topological polar surface area (TPSA) is 46.0 Å². The summed E-state index contributed by atoms with van der Waals surface area (Å²) in [5, 5.41) is 9.75. The number of aliphatic hydroxyl groups excluding tert-OH is 1. The first-order valence-electron chi connectivity index (χ1n) is 3.93. The summed E-state index contributed by atoms with van der Waals surface area (Å²) in [6, 6.07) is 0. The van der Waals surface area contributed by atoms with Crippen LogP contribution in [0.4, 0.5) is 0 Å². The molecule has 1 aromatic heterocycles. The van der Waals surface area contributed by atoms with Gasteiger partial charge in [-0.15, -0.1) is 11.8 Å². The highest BCUT2D eigenvalue weighted by atomic mass is 79.9. The van der Waals surface area contributed by atoms with E-state index in [2.05, 4.69) is 25.9 Å². The van der Waals surface area contributed by atoms with Gasteiger partial charge in [-0.1, -0.05) is 6.92 Å². The lowest BCUT2D eigenvalue weighted by Crippen LogP contribution is -2.03. The minimum atomic E-state index is 0.218. The van der Waals surface area contributed by atoms with Gasteiger partial charge in [-0.25, -0.2) is 9.97 Å². The standard InChI is InChI=1S/C8H11BrN2OS/c1-6(3-12)4-13-8-7(9)2-10-5-11-8/h2,5-6,12H,3-4H2,1H3. The number of hydrogen-bond donors (Lipinski definition) is 1. The lowest BCUT2D eigenvalue weighted by atomic mass is 10.2. The minimum absolute atomic E-state index is 0.218. The molecule has 0 saturated heterocycles. The van der Waals surface area contributed by atoms with Crippen LogP contribution < -0.4 is 0 Å². The Morgan fingerprint density at radius 3 is 3.08 bits per heavy atom. The maximum absolute atomic E-state index is 8.82. The number of aliphatic hydroxyl groups is 1. The molecule has 0 saturated carbocycles. The molecule has 0 aromatic carbocycles. The Balaban J connectivity index is 2.50. The zero-order valence-electron chi connectivity index (χ0n) is 7.27. The number of nitrogens with zero attached hydrogens (tertiary/aromatic N) is 2. The van der Waals surface area contributed by atoms with E-state index < -0.39 is 0 Å². The van der Waals surface area contributed by atoms with Crippen LogP contribution in [0.3, 0.4) is 0 Å². The van der Waals surface area contributed by atoms with Crippen molar-refractivity contribution in [3.05, 3.63) is 17.0 Å². The van der Waals surface area contributed by atoms with E-state index in [0.717, 1.165) is 15.3 Å². The van der Waals surface area contributed by atoms with Gasteiger partial charge in [0.1, 0.15) is 11.4 Å².